The summed E-state index contributed by atoms with van der Waals surface area (Å²) in [6.45, 7) is 6.82. The van der Waals surface area contributed by atoms with Crippen molar-refractivity contribution in [3.05, 3.63) is 59.7 Å². The number of rotatable bonds is 9. The SMILES string of the molecule is CCOc1ccccc1C(=O)NC[C@@H](C)NC(=O)c1ccccc1OCC. The minimum atomic E-state index is -0.254. The van der Waals surface area contributed by atoms with E-state index in [-0.39, 0.29) is 17.9 Å². The van der Waals surface area contributed by atoms with Gasteiger partial charge >= 0.3 is 0 Å². The maximum atomic E-state index is 12.5. The predicted octanol–water partition coefficient (Wildman–Crippen LogP) is 3.03. The lowest BCUT2D eigenvalue weighted by Crippen LogP contribution is -2.42. The molecule has 6 nitrogen and oxygen atoms in total. The molecular formula is C21H26N2O4. The molecule has 0 unspecified atom stereocenters. The zero-order valence-electron chi connectivity index (χ0n) is 16.0. The van der Waals surface area contributed by atoms with E-state index in [9.17, 15) is 9.59 Å². The van der Waals surface area contributed by atoms with Crippen LogP contribution in [0.4, 0.5) is 0 Å². The van der Waals surface area contributed by atoms with Gasteiger partial charge in [-0.15, -0.1) is 0 Å². The van der Waals surface area contributed by atoms with Crippen LogP contribution in [0.25, 0.3) is 0 Å². The summed E-state index contributed by atoms with van der Waals surface area (Å²) in [6.07, 6.45) is 0. The molecule has 0 saturated carbocycles. The van der Waals surface area contributed by atoms with Crippen LogP contribution in [-0.4, -0.2) is 37.6 Å². The van der Waals surface area contributed by atoms with Crippen LogP contribution in [0.3, 0.4) is 0 Å². The summed E-state index contributed by atoms with van der Waals surface area (Å²) in [4.78, 5) is 24.9. The van der Waals surface area contributed by atoms with Crippen LogP contribution in [0, 0.1) is 0 Å². The van der Waals surface area contributed by atoms with Gasteiger partial charge in [-0.05, 0) is 45.0 Å². The number of carbonyl (C=O) groups excluding carboxylic acids is 2. The van der Waals surface area contributed by atoms with Crippen molar-refractivity contribution in [3.63, 3.8) is 0 Å². The summed E-state index contributed by atoms with van der Waals surface area (Å²) in [5.41, 5.74) is 0.943. The molecule has 2 N–H and O–H groups in total. The first-order chi connectivity index (χ1) is 13.1. The molecule has 2 amide bonds. The molecule has 0 bridgehead atoms. The Morgan fingerprint density at radius 3 is 1.85 bits per heavy atom. The van der Waals surface area contributed by atoms with Crippen LogP contribution in [0.2, 0.25) is 0 Å². The molecule has 0 aromatic heterocycles. The van der Waals surface area contributed by atoms with Crippen LogP contribution >= 0.6 is 0 Å². The van der Waals surface area contributed by atoms with E-state index in [0.717, 1.165) is 0 Å². The first-order valence-electron chi connectivity index (χ1n) is 9.09. The Balaban J connectivity index is 1.94. The van der Waals surface area contributed by atoms with Crippen molar-refractivity contribution >= 4 is 11.8 Å². The van der Waals surface area contributed by atoms with Crippen LogP contribution in [0.5, 0.6) is 11.5 Å². The topological polar surface area (TPSA) is 76.7 Å². The van der Waals surface area contributed by atoms with Gasteiger partial charge in [0.05, 0.1) is 24.3 Å². The van der Waals surface area contributed by atoms with Gasteiger partial charge in [-0.1, -0.05) is 24.3 Å². The molecule has 27 heavy (non-hydrogen) atoms. The predicted molar refractivity (Wildman–Crippen MR) is 104 cm³/mol. The number of nitrogens with one attached hydrogen (secondary N) is 2. The molecule has 2 rings (SSSR count). The molecule has 0 fully saturated rings. The minimum absolute atomic E-state index is 0.240. The highest BCUT2D eigenvalue weighted by Gasteiger charge is 2.16. The summed E-state index contributed by atoms with van der Waals surface area (Å²) < 4.78 is 11.0. The number of hydrogen-bond donors (Lipinski definition) is 2. The van der Waals surface area contributed by atoms with Crippen molar-refractivity contribution in [2.75, 3.05) is 19.8 Å². The lowest BCUT2D eigenvalue weighted by molar-refractivity contribution is 0.0908. The van der Waals surface area contributed by atoms with Crippen LogP contribution in [-0.2, 0) is 0 Å². The quantitative estimate of drug-likeness (QED) is 0.711. The summed E-state index contributed by atoms with van der Waals surface area (Å²) in [6, 6.07) is 13.9. The van der Waals surface area contributed by atoms with Gasteiger partial charge in [0.2, 0.25) is 0 Å². The Morgan fingerprint density at radius 2 is 1.33 bits per heavy atom. The van der Waals surface area contributed by atoms with E-state index in [1.807, 2.05) is 32.9 Å². The second kappa shape index (κ2) is 10.2. The molecule has 0 heterocycles. The fraction of sp³-hybridized carbons (Fsp3) is 0.333. The van der Waals surface area contributed by atoms with E-state index in [1.54, 1.807) is 36.4 Å². The van der Waals surface area contributed by atoms with Crippen LogP contribution in [0.15, 0.2) is 48.5 Å². The largest absolute Gasteiger partial charge is 0.493 e. The van der Waals surface area contributed by atoms with E-state index in [2.05, 4.69) is 10.6 Å². The molecule has 0 saturated heterocycles. The number of ether oxygens (including phenoxy) is 2. The molecule has 1 atom stereocenters. The van der Waals surface area contributed by atoms with Crippen LogP contribution in [0.1, 0.15) is 41.5 Å². The van der Waals surface area contributed by atoms with Gasteiger partial charge in [0.15, 0.2) is 0 Å². The van der Waals surface area contributed by atoms with Gasteiger partial charge in [0, 0.05) is 12.6 Å². The van der Waals surface area contributed by atoms with Crippen molar-refractivity contribution in [2.24, 2.45) is 0 Å². The average Bonchev–Trinajstić information content (AvgIpc) is 2.67. The summed E-state index contributed by atoms with van der Waals surface area (Å²) in [5, 5.41) is 5.71. The molecule has 0 aliphatic rings. The number of para-hydroxylation sites is 2. The Hall–Kier alpha value is -3.02. The van der Waals surface area contributed by atoms with Crippen molar-refractivity contribution < 1.29 is 19.1 Å². The maximum Gasteiger partial charge on any atom is 0.255 e. The Morgan fingerprint density at radius 1 is 0.852 bits per heavy atom. The highest BCUT2D eigenvalue weighted by Crippen LogP contribution is 2.18. The second-order valence-electron chi connectivity index (χ2n) is 5.94. The van der Waals surface area contributed by atoms with Gasteiger partial charge in [-0.2, -0.15) is 0 Å². The fourth-order valence-electron chi connectivity index (χ4n) is 2.56. The fourth-order valence-corrected chi connectivity index (χ4v) is 2.56. The van der Waals surface area contributed by atoms with Gasteiger partial charge in [0.25, 0.3) is 11.8 Å². The van der Waals surface area contributed by atoms with Crippen molar-refractivity contribution in [1.82, 2.24) is 10.6 Å². The monoisotopic (exact) mass is 370 g/mol. The lowest BCUT2D eigenvalue weighted by atomic mass is 10.1. The Kier molecular flexibility index (Phi) is 7.67. The minimum Gasteiger partial charge on any atom is -0.493 e. The van der Waals surface area contributed by atoms with Crippen LogP contribution < -0.4 is 20.1 Å². The molecule has 0 aliphatic carbocycles. The molecule has 0 aliphatic heterocycles. The number of amides is 2. The Bertz CT molecular complexity index is 776. The third kappa shape index (κ3) is 5.74. The Labute approximate surface area is 159 Å². The normalized spacial score (nSPS) is 11.4. The highest BCUT2D eigenvalue weighted by molar-refractivity contribution is 5.98. The third-order valence-corrected chi connectivity index (χ3v) is 3.81. The van der Waals surface area contributed by atoms with Gasteiger partial charge < -0.3 is 20.1 Å². The summed E-state index contributed by atoms with van der Waals surface area (Å²) >= 11 is 0. The molecule has 2 aromatic rings. The van der Waals surface area contributed by atoms with E-state index < -0.39 is 0 Å². The first kappa shape index (κ1) is 20.3. The van der Waals surface area contributed by atoms with Crippen molar-refractivity contribution in [3.8, 4) is 11.5 Å². The molecule has 0 radical (unpaired) electrons. The summed E-state index contributed by atoms with van der Waals surface area (Å²) in [7, 11) is 0. The molecule has 144 valence electrons. The zero-order valence-corrected chi connectivity index (χ0v) is 16.0. The van der Waals surface area contributed by atoms with Gasteiger partial charge in [0.1, 0.15) is 11.5 Å². The number of hydrogen-bond acceptors (Lipinski definition) is 4. The molecule has 2 aromatic carbocycles. The van der Waals surface area contributed by atoms with Gasteiger partial charge in [-0.3, -0.25) is 9.59 Å². The molecule has 0 spiro atoms. The van der Waals surface area contributed by atoms with Crippen molar-refractivity contribution in [2.45, 2.75) is 26.8 Å². The standard InChI is InChI=1S/C21H26N2O4/c1-4-26-18-12-8-6-10-16(18)20(24)22-14-15(3)23-21(25)17-11-7-9-13-19(17)27-5-2/h6-13,15H,4-5,14H2,1-3H3,(H,22,24)(H,23,25)/t15-/m1/s1. The van der Waals surface area contributed by atoms with Crippen molar-refractivity contribution in [1.29, 1.82) is 0 Å². The number of carbonyl (C=O) groups is 2. The summed E-state index contributed by atoms with van der Waals surface area (Å²) in [5.74, 6) is 0.601. The van der Waals surface area contributed by atoms with E-state index in [4.69, 9.17) is 9.47 Å². The highest BCUT2D eigenvalue weighted by atomic mass is 16.5. The van der Waals surface area contributed by atoms with Gasteiger partial charge in [-0.25, -0.2) is 0 Å². The maximum absolute atomic E-state index is 12.5. The average molecular weight is 370 g/mol. The van der Waals surface area contributed by atoms with E-state index >= 15 is 0 Å². The lowest BCUT2D eigenvalue weighted by Gasteiger charge is -2.17. The zero-order chi connectivity index (χ0) is 19.6. The number of benzene rings is 2. The van der Waals surface area contributed by atoms with E-state index in [1.165, 1.54) is 0 Å². The second-order valence-corrected chi connectivity index (χ2v) is 5.94. The smallest absolute Gasteiger partial charge is 0.255 e. The van der Waals surface area contributed by atoms with E-state index in [0.29, 0.717) is 42.4 Å². The third-order valence-electron chi connectivity index (χ3n) is 3.81. The molecular weight excluding hydrogens is 344 g/mol. The molecule has 6 heteroatoms. The first-order valence-corrected chi connectivity index (χ1v) is 9.09.